The van der Waals surface area contributed by atoms with Crippen LogP contribution >= 0.6 is 0 Å². The Morgan fingerprint density at radius 2 is 1.93 bits per heavy atom. The van der Waals surface area contributed by atoms with Crippen LogP contribution in [0.1, 0.15) is 24.4 Å². The molecule has 2 aromatic heterocycles. The molecule has 5 heteroatoms. The molecule has 0 aliphatic heterocycles. The van der Waals surface area contributed by atoms with E-state index in [2.05, 4.69) is 35.2 Å². The fourth-order valence-electron chi connectivity index (χ4n) is 1.64. The summed E-state index contributed by atoms with van der Waals surface area (Å²) in [6.07, 6.45) is 3.46. The van der Waals surface area contributed by atoms with Gasteiger partial charge < -0.3 is 4.57 Å². The van der Waals surface area contributed by atoms with Gasteiger partial charge in [0.15, 0.2) is 0 Å². The fraction of sp³-hybridized carbons (Fsp3) is 0.500. The monoisotopic (exact) mass is 205 g/mol. The summed E-state index contributed by atoms with van der Waals surface area (Å²) < 4.78 is 4.00. The van der Waals surface area contributed by atoms with E-state index in [1.54, 1.807) is 12.7 Å². The van der Waals surface area contributed by atoms with E-state index in [0.29, 0.717) is 6.04 Å². The molecule has 0 fully saturated rings. The summed E-state index contributed by atoms with van der Waals surface area (Å²) in [7, 11) is 0. The van der Waals surface area contributed by atoms with Gasteiger partial charge in [0.2, 0.25) is 0 Å². The normalized spacial score (nSPS) is 13.0. The van der Waals surface area contributed by atoms with Crippen LogP contribution in [0.5, 0.6) is 0 Å². The maximum Gasteiger partial charge on any atom is 0.119 e. The molecule has 2 aromatic rings. The third-order valence-corrected chi connectivity index (χ3v) is 2.49. The quantitative estimate of drug-likeness (QED) is 0.760. The van der Waals surface area contributed by atoms with Crippen molar-refractivity contribution in [2.75, 3.05) is 0 Å². The van der Waals surface area contributed by atoms with Gasteiger partial charge in [0.1, 0.15) is 12.7 Å². The Kier molecular flexibility index (Phi) is 2.53. The Labute approximate surface area is 88.7 Å². The zero-order valence-corrected chi connectivity index (χ0v) is 9.25. The predicted molar refractivity (Wildman–Crippen MR) is 56.4 cm³/mol. The van der Waals surface area contributed by atoms with E-state index >= 15 is 0 Å². The van der Waals surface area contributed by atoms with Gasteiger partial charge in [0.05, 0.1) is 18.3 Å². The molecule has 15 heavy (non-hydrogen) atoms. The molecule has 0 saturated carbocycles. The van der Waals surface area contributed by atoms with Gasteiger partial charge in [-0.25, -0.2) is 0 Å². The van der Waals surface area contributed by atoms with Crippen LogP contribution in [0.2, 0.25) is 0 Å². The van der Waals surface area contributed by atoms with Gasteiger partial charge in [-0.05, 0) is 26.8 Å². The van der Waals surface area contributed by atoms with E-state index in [-0.39, 0.29) is 0 Å². The van der Waals surface area contributed by atoms with Crippen molar-refractivity contribution in [1.29, 1.82) is 0 Å². The van der Waals surface area contributed by atoms with Crippen LogP contribution < -0.4 is 0 Å². The van der Waals surface area contributed by atoms with E-state index < -0.39 is 0 Å². The van der Waals surface area contributed by atoms with Crippen LogP contribution in [0.25, 0.3) is 0 Å². The summed E-state index contributed by atoms with van der Waals surface area (Å²) in [5.41, 5.74) is 2.25. The smallest absolute Gasteiger partial charge is 0.119 e. The predicted octanol–water partition coefficient (Wildman–Crippen LogP) is 1.35. The largest absolute Gasteiger partial charge is 0.315 e. The number of hydrogen-bond acceptors (Lipinski definition) is 3. The molecular formula is C10H15N5. The summed E-state index contributed by atoms with van der Waals surface area (Å²) in [6.45, 7) is 7.04. The van der Waals surface area contributed by atoms with Crippen molar-refractivity contribution < 1.29 is 0 Å². The first-order chi connectivity index (χ1) is 7.16. The molecule has 0 aromatic carbocycles. The highest BCUT2D eigenvalue weighted by molar-refractivity contribution is 5.06. The van der Waals surface area contributed by atoms with E-state index in [0.717, 1.165) is 12.2 Å². The minimum Gasteiger partial charge on any atom is -0.315 e. The lowest BCUT2D eigenvalue weighted by atomic mass is 10.3. The van der Waals surface area contributed by atoms with Crippen molar-refractivity contribution in [1.82, 2.24) is 24.5 Å². The Hall–Kier alpha value is -1.65. The van der Waals surface area contributed by atoms with Crippen LogP contribution in [0, 0.1) is 13.8 Å². The molecule has 80 valence electrons. The molecule has 2 rings (SSSR count). The second-order valence-corrected chi connectivity index (χ2v) is 3.87. The minimum absolute atomic E-state index is 0.318. The lowest BCUT2D eigenvalue weighted by Crippen LogP contribution is -2.13. The molecule has 0 bridgehead atoms. The van der Waals surface area contributed by atoms with Gasteiger partial charge in [0.25, 0.3) is 0 Å². The Bertz CT molecular complexity index is 429. The van der Waals surface area contributed by atoms with Crippen LogP contribution in [0.3, 0.4) is 0 Å². The molecule has 1 atom stereocenters. The lowest BCUT2D eigenvalue weighted by molar-refractivity contribution is 0.429. The van der Waals surface area contributed by atoms with Gasteiger partial charge in [-0.1, -0.05) is 0 Å². The Morgan fingerprint density at radius 1 is 1.27 bits per heavy atom. The molecule has 0 amide bonds. The van der Waals surface area contributed by atoms with Crippen LogP contribution in [-0.2, 0) is 6.54 Å². The first-order valence-corrected chi connectivity index (χ1v) is 5.02. The van der Waals surface area contributed by atoms with E-state index in [1.807, 2.05) is 16.2 Å². The molecule has 0 N–H and O–H groups in total. The molecule has 5 nitrogen and oxygen atoms in total. The molecule has 0 radical (unpaired) electrons. The van der Waals surface area contributed by atoms with Crippen LogP contribution in [-0.4, -0.2) is 24.5 Å². The van der Waals surface area contributed by atoms with Gasteiger partial charge in [-0.15, -0.1) is 10.2 Å². The Morgan fingerprint density at radius 3 is 2.47 bits per heavy atom. The Balaban J connectivity index is 2.12. The highest BCUT2D eigenvalue weighted by Gasteiger charge is 2.08. The van der Waals surface area contributed by atoms with E-state index in [9.17, 15) is 0 Å². The van der Waals surface area contributed by atoms with Crippen molar-refractivity contribution in [3.05, 3.63) is 30.1 Å². The second kappa shape index (κ2) is 3.84. The summed E-state index contributed by atoms with van der Waals surface area (Å²) in [5.74, 6) is 0. The summed E-state index contributed by atoms with van der Waals surface area (Å²) in [4.78, 5) is 0. The summed E-state index contributed by atoms with van der Waals surface area (Å²) in [6, 6.07) is 2.40. The van der Waals surface area contributed by atoms with Gasteiger partial charge >= 0.3 is 0 Å². The standard InChI is InChI=1S/C10H15N5/c1-8-4-9(2)15(13-8)5-10(3)14-6-11-12-7-14/h4,6-7,10H,5H2,1-3H3/t10-/m1/s1. The number of aromatic nitrogens is 5. The van der Waals surface area contributed by atoms with E-state index in [1.165, 1.54) is 5.69 Å². The van der Waals surface area contributed by atoms with Gasteiger partial charge in [0, 0.05) is 5.69 Å². The molecule has 0 aliphatic carbocycles. The zero-order chi connectivity index (χ0) is 10.8. The van der Waals surface area contributed by atoms with Crippen molar-refractivity contribution in [2.24, 2.45) is 0 Å². The average molecular weight is 205 g/mol. The third kappa shape index (κ3) is 2.06. The van der Waals surface area contributed by atoms with Crippen LogP contribution in [0.15, 0.2) is 18.7 Å². The SMILES string of the molecule is Cc1cc(C)n(C[C@@H](C)n2cnnc2)n1. The lowest BCUT2D eigenvalue weighted by Gasteiger charge is -2.13. The number of nitrogens with zero attached hydrogens (tertiary/aromatic N) is 5. The van der Waals surface area contributed by atoms with Gasteiger partial charge in [-0.3, -0.25) is 4.68 Å². The third-order valence-electron chi connectivity index (χ3n) is 2.49. The van der Waals surface area contributed by atoms with Crippen molar-refractivity contribution >= 4 is 0 Å². The first-order valence-electron chi connectivity index (χ1n) is 5.02. The van der Waals surface area contributed by atoms with E-state index in [4.69, 9.17) is 0 Å². The summed E-state index contributed by atoms with van der Waals surface area (Å²) >= 11 is 0. The van der Waals surface area contributed by atoms with Crippen molar-refractivity contribution in [2.45, 2.75) is 33.4 Å². The average Bonchev–Trinajstić information content (AvgIpc) is 2.76. The maximum atomic E-state index is 4.42. The molecule has 2 heterocycles. The minimum atomic E-state index is 0.318. The molecule has 0 unspecified atom stereocenters. The van der Waals surface area contributed by atoms with Crippen molar-refractivity contribution in [3.8, 4) is 0 Å². The van der Waals surface area contributed by atoms with Crippen molar-refractivity contribution in [3.63, 3.8) is 0 Å². The van der Waals surface area contributed by atoms with Gasteiger partial charge in [-0.2, -0.15) is 5.10 Å². The molecule has 0 spiro atoms. The number of aryl methyl sites for hydroxylation is 2. The molecule has 0 saturated heterocycles. The number of hydrogen-bond donors (Lipinski definition) is 0. The second-order valence-electron chi connectivity index (χ2n) is 3.87. The molecular weight excluding hydrogens is 190 g/mol. The highest BCUT2D eigenvalue weighted by Crippen LogP contribution is 2.09. The topological polar surface area (TPSA) is 48.5 Å². The molecule has 0 aliphatic rings. The van der Waals surface area contributed by atoms with Crippen LogP contribution in [0.4, 0.5) is 0 Å². The summed E-state index contributed by atoms with van der Waals surface area (Å²) in [5, 5.41) is 12.0. The zero-order valence-electron chi connectivity index (χ0n) is 9.25. The maximum absolute atomic E-state index is 4.42. The number of rotatable bonds is 3. The highest BCUT2D eigenvalue weighted by atomic mass is 15.3. The first kappa shape index (κ1) is 9.89. The fourth-order valence-corrected chi connectivity index (χ4v) is 1.64.